The van der Waals surface area contributed by atoms with Gasteiger partial charge in [-0.15, -0.1) is 4.40 Å². The predicted molar refractivity (Wildman–Crippen MR) is 127 cm³/mol. The molecule has 2 aliphatic heterocycles. The van der Waals surface area contributed by atoms with E-state index in [-0.39, 0.29) is 28.6 Å². The molecule has 1 amide bonds. The van der Waals surface area contributed by atoms with Crippen LogP contribution < -0.4 is 19.7 Å². The SMILES string of the molecule is CCOc1ccc(OCCNC(=O)c2cc3c(cc2Cl)N2CCCCCC2=NS3(=O)=O)cc1. The number of fused-ring (bicyclic) bond motifs is 3. The van der Waals surface area contributed by atoms with Gasteiger partial charge in [-0.2, -0.15) is 8.42 Å². The highest BCUT2D eigenvalue weighted by Crippen LogP contribution is 2.37. The number of amidine groups is 1. The average molecular weight is 492 g/mol. The van der Waals surface area contributed by atoms with Crippen LogP contribution in [0.5, 0.6) is 11.5 Å². The maximum Gasteiger partial charge on any atom is 0.286 e. The molecular formula is C23H26ClN3O5S. The van der Waals surface area contributed by atoms with E-state index in [1.165, 1.54) is 6.07 Å². The first-order valence-electron chi connectivity index (χ1n) is 11.0. The molecule has 33 heavy (non-hydrogen) atoms. The third-order valence-electron chi connectivity index (χ3n) is 5.47. The first kappa shape index (κ1) is 23.4. The Hall–Kier alpha value is -2.78. The number of anilines is 1. The topological polar surface area (TPSA) is 97.3 Å². The fourth-order valence-corrected chi connectivity index (χ4v) is 5.41. The van der Waals surface area contributed by atoms with Crippen LogP contribution in [0.25, 0.3) is 0 Å². The lowest BCUT2D eigenvalue weighted by molar-refractivity contribution is 0.0947. The van der Waals surface area contributed by atoms with Crippen molar-refractivity contribution in [1.29, 1.82) is 0 Å². The minimum Gasteiger partial charge on any atom is -0.494 e. The van der Waals surface area contributed by atoms with Gasteiger partial charge in [-0.1, -0.05) is 18.0 Å². The van der Waals surface area contributed by atoms with Crippen molar-refractivity contribution >= 4 is 39.1 Å². The van der Waals surface area contributed by atoms with Gasteiger partial charge in [0, 0.05) is 13.0 Å². The standard InChI is InChI=1S/C23H26ClN3O5S/c1-2-31-16-7-9-17(10-8-16)32-13-11-25-23(28)18-14-21-20(15-19(18)24)27-12-5-3-4-6-22(27)26-33(21,29)30/h7-10,14-15H,2-6,11-13H2,1H3,(H,25,28). The molecule has 0 spiro atoms. The van der Waals surface area contributed by atoms with E-state index in [0.717, 1.165) is 25.0 Å². The molecule has 8 nitrogen and oxygen atoms in total. The van der Waals surface area contributed by atoms with Crippen molar-refractivity contribution in [3.8, 4) is 11.5 Å². The summed E-state index contributed by atoms with van der Waals surface area (Å²) >= 11 is 6.41. The van der Waals surface area contributed by atoms with Gasteiger partial charge in [0.15, 0.2) is 0 Å². The first-order chi connectivity index (χ1) is 15.9. The Balaban J connectivity index is 1.43. The third-order valence-corrected chi connectivity index (χ3v) is 7.12. The van der Waals surface area contributed by atoms with Crippen LogP contribution in [0.2, 0.25) is 5.02 Å². The second-order valence-electron chi connectivity index (χ2n) is 7.75. The number of nitrogens with one attached hydrogen (secondary N) is 1. The van der Waals surface area contributed by atoms with Gasteiger partial charge in [0.2, 0.25) is 0 Å². The second kappa shape index (κ2) is 10.0. The van der Waals surface area contributed by atoms with E-state index in [1.54, 1.807) is 18.2 Å². The number of carbonyl (C=O) groups is 1. The van der Waals surface area contributed by atoms with Gasteiger partial charge in [0.05, 0.1) is 29.4 Å². The summed E-state index contributed by atoms with van der Waals surface area (Å²) in [6, 6.07) is 10.1. The summed E-state index contributed by atoms with van der Waals surface area (Å²) in [5, 5.41) is 2.92. The van der Waals surface area contributed by atoms with Gasteiger partial charge < -0.3 is 19.7 Å². The largest absolute Gasteiger partial charge is 0.494 e. The molecule has 1 N–H and O–H groups in total. The smallest absolute Gasteiger partial charge is 0.286 e. The Kier molecular flexibility index (Phi) is 7.09. The lowest BCUT2D eigenvalue weighted by atomic mass is 10.1. The van der Waals surface area contributed by atoms with Crippen molar-refractivity contribution in [1.82, 2.24) is 5.32 Å². The quantitative estimate of drug-likeness (QED) is 0.587. The molecule has 0 radical (unpaired) electrons. The Morgan fingerprint density at radius 1 is 1.12 bits per heavy atom. The van der Waals surface area contributed by atoms with Crippen LogP contribution in [0.1, 0.15) is 43.0 Å². The summed E-state index contributed by atoms with van der Waals surface area (Å²) in [7, 11) is -3.90. The Morgan fingerprint density at radius 2 is 1.85 bits per heavy atom. The number of benzene rings is 2. The molecule has 0 aliphatic carbocycles. The number of amides is 1. The van der Waals surface area contributed by atoms with Crippen molar-refractivity contribution in [3.63, 3.8) is 0 Å². The summed E-state index contributed by atoms with van der Waals surface area (Å²) in [4.78, 5) is 14.6. The van der Waals surface area contributed by atoms with Crippen LogP contribution in [-0.2, 0) is 10.0 Å². The average Bonchev–Trinajstić information content (AvgIpc) is 3.02. The molecule has 1 fully saturated rings. The molecule has 1 saturated heterocycles. The number of ether oxygens (including phenoxy) is 2. The minimum absolute atomic E-state index is 0.00772. The summed E-state index contributed by atoms with van der Waals surface area (Å²) in [6.45, 7) is 3.63. The van der Waals surface area contributed by atoms with Gasteiger partial charge in [-0.3, -0.25) is 4.79 Å². The predicted octanol–water partition coefficient (Wildman–Crippen LogP) is 4.03. The highest BCUT2D eigenvalue weighted by Gasteiger charge is 2.33. The molecule has 0 atom stereocenters. The van der Waals surface area contributed by atoms with Crippen LogP contribution in [0.3, 0.4) is 0 Å². The maximum absolute atomic E-state index is 12.8. The summed E-state index contributed by atoms with van der Waals surface area (Å²) < 4.78 is 40.6. The number of carbonyl (C=O) groups excluding carboxylic acids is 1. The monoisotopic (exact) mass is 491 g/mol. The fraction of sp³-hybridized carbons (Fsp3) is 0.391. The molecule has 2 aliphatic rings. The fourth-order valence-electron chi connectivity index (χ4n) is 3.90. The number of rotatable bonds is 7. The Labute approximate surface area is 198 Å². The Morgan fingerprint density at radius 3 is 2.58 bits per heavy atom. The van der Waals surface area contributed by atoms with Crippen LogP contribution in [0, 0.1) is 0 Å². The zero-order valence-corrected chi connectivity index (χ0v) is 19.9. The Bertz CT molecular complexity index is 1170. The highest BCUT2D eigenvalue weighted by atomic mass is 35.5. The number of nitrogens with zero attached hydrogens (tertiary/aromatic N) is 2. The molecule has 0 unspecified atom stereocenters. The van der Waals surface area contributed by atoms with E-state index in [1.807, 2.05) is 24.0 Å². The van der Waals surface area contributed by atoms with Crippen molar-refractivity contribution in [2.24, 2.45) is 4.40 Å². The maximum atomic E-state index is 12.8. The van der Waals surface area contributed by atoms with Gasteiger partial charge in [0.1, 0.15) is 28.8 Å². The first-order valence-corrected chi connectivity index (χ1v) is 12.8. The zero-order valence-electron chi connectivity index (χ0n) is 18.3. The van der Waals surface area contributed by atoms with Crippen molar-refractivity contribution in [2.75, 3.05) is 31.2 Å². The van der Waals surface area contributed by atoms with Gasteiger partial charge in [-0.05, 0) is 56.2 Å². The number of halogens is 1. The van der Waals surface area contributed by atoms with Crippen molar-refractivity contribution in [3.05, 3.63) is 47.0 Å². The summed E-state index contributed by atoms with van der Waals surface area (Å²) in [6.07, 6.45) is 3.45. The van der Waals surface area contributed by atoms with Gasteiger partial charge >= 0.3 is 0 Å². The number of hydrogen-bond acceptors (Lipinski definition) is 6. The second-order valence-corrected chi connectivity index (χ2v) is 9.73. The lowest BCUT2D eigenvalue weighted by Gasteiger charge is -2.30. The zero-order chi connectivity index (χ0) is 23.4. The van der Waals surface area contributed by atoms with Crippen LogP contribution >= 0.6 is 11.6 Å². The minimum atomic E-state index is -3.90. The van der Waals surface area contributed by atoms with Gasteiger partial charge in [-0.25, -0.2) is 0 Å². The molecule has 0 bridgehead atoms. The van der Waals surface area contributed by atoms with Crippen molar-refractivity contribution in [2.45, 2.75) is 37.5 Å². The summed E-state index contributed by atoms with van der Waals surface area (Å²) in [5.74, 6) is 1.47. The number of hydrogen-bond donors (Lipinski definition) is 1. The molecule has 2 aromatic rings. The van der Waals surface area contributed by atoms with Crippen LogP contribution in [0.4, 0.5) is 5.69 Å². The normalized spacial score (nSPS) is 16.7. The molecule has 2 heterocycles. The summed E-state index contributed by atoms with van der Waals surface area (Å²) in [5.41, 5.74) is 0.579. The molecule has 0 aromatic heterocycles. The molecule has 10 heteroatoms. The van der Waals surface area contributed by atoms with E-state index in [0.29, 0.717) is 36.8 Å². The van der Waals surface area contributed by atoms with Crippen LogP contribution in [-0.4, -0.2) is 46.5 Å². The lowest BCUT2D eigenvalue weighted by Crippen LogP contribution is -2.36. The van der Waals surface area contributed by atoms with E-state index in [9.17, 15) is 13.2 Å². The van der Waals surface area contributed by atoms with Gasteiger partial charge in [0.25, 0.3) is 15.9 Å². The number of sulfonamides is 1. The third kappa shape index (κ3) is 5.25. The highest BCUT2D eigenvalue weighted by molar-refractivity contribution is 7.90. The van der Waals surface area contributed by atoms with E-state index in [4.69, 9.17) is 21.1 Å². The van der Waals surface area contributed by atoms with E-state index >= 15 is 0 Å². The molecule has 0 saturated carbocycles. The molecule has 176 valence electrons. The van der Waals surface area contributed by atoms with Crippen LogP contribution in [0.15, 0.2) is 45.7 Å². The van der Waals surface area contributed by atoms with Crippen molar-refractivity contribution < 1.29 is 22.7 Å². The van der Waals surface area contributed by atoms with E-state index < -0.39 is 15.9 Å². The molecular weight excluding hydrogens is 466 g/mol. The molecule has 4 rings (SSSR count). The van der Waals surface area contributed by atoms with E-state index in [2.05, 4.69) is 9.71 Å². The molecule has 2 aromatic carbocycles.